The van der Waals surface area contributed by atoms with Crippen LogP contribution in [0.25, 0.3) is 82.4 Å². The van der Waals surface area contributed by atoms with E-state index >= 15 is 0 Å². The topological polar surface area (TPSA) is 11.4 Å². The normalized spacial score (nSPS) is 12.0. The van der Waals surface area contributed by atoms with Crippen LogP contribution in [0.3, 0.4) is 0 Å². The Morgan fingerprint density at radius 2 is 0.892 bits per heavy atom. The first-order chi connectivity index (χ1) is 32.2. The van der Waals surface area contributed by atoms with Gasteiger partial charge in [-0.05, 0) is 129 Å². The maximum Gasteiger partial charge on any atom is 0.0546 e. The minimum Gasteiger partial charge on any atom is -0.310 e. The molecule has 0 atom stereocenters. The summed E-state index contributed by atoms with van der Waals surface area (Å²) in [5, 5.41) is 7.44. The van der Waals surface area contributed by atoms with Crippen LogP contribution in [0.5, 0.6) is 0 Å². The highest BCUT2D eigenvalue weighted by atomic mass is 15.2. The van der Waals surface area contributed by atoms with Crippen molar-refractivity contribution in [1.29, 1.82) is 0 Å². The number of rotatable bonds is 7. The van der Waals surface area contributed by atoms with Crippen molar-refractivity contribution >= 4 is 77.5 Å². The van der Waals surface area contributed by atoms with Crippen molar-refractivity contribution in [3.8, 4) is 39.1 Å². The van der Waals surface area contributed by atoms with E-state index in [1.807, 2.05) is 0 Å². The fraction of sp³-hybridized carbons (Fsp3) is 0. The molecule has 304 valence electrons. The molecule has 65 heavy (non-hydrogen) atoms. The minimum absolute atomic E-state index is 1.09. The Kier molecular flexibility index (Phi) is 8.53. The second kappa shape index (κ2) is 15.0. The molecule has 0 N–H and O–H groups in total. The third-order valence-electron chi connectivity index (χ3n) is 13.3. The lowest BCUT2D eigenvalue weighted by molar-refractivity contribution is 1.18. The summed E-state index contributed by atoms with van der Waals surface area (Å²) in [6.45, 7) is 0. The number of fused-ring (bicyclic) bond motifs is 6. The molecule has 0 aliphatic carbocycles. The highest BCUT2D eigenvalue weighted by Crippen LogP contribution is 2.52. The zero-order valence-corrected chi connectivity index (χ0v) is 35.5. The molecule has 12 aromatic rings. The summed E-state index contributed by atoms with van der Waals surface area (Å²) in [6.07, 6.45) is 0. The Bertz CT molecular complexity index is 3750. The van der Waals surface area contributed by atoms with Gasteiger partial charge in [-0.1, -0.05) is 164 Å². The molecule has 0 spiro atoms. The molecule has 0 bridgehead atoms. The number of hydrogen-bond donors (Lipinski definition) is 0. The van der Waals surface area contributed by atoms with Crippen molar-refractivity contribution in [2.24, 2.45) is 0 Å². The van der Waals surface area contributed by atoms with Gasteiger partial charge in [-0.3, -0.25) is 0 Å². The molecule has 1 aliphatic rings. The van der Waals surface area contributed by atoms with Gasteiger partial charge >= 0.3 is 0 Å². The molecular formula is C62H41N3. The number of hydrogen-bond acceptors (Lipinski definition) is 2. The molecule has 13 rings (SSSR count). The van der Waals surface area contributed by atoms with E-state index in [4.69, 9.17) is 0 Å². The molecule has 2 heterocycles. The Balaban J connectivity index is 0.936. The molecule has 0 fully saturated rings. The van der Waals surface area contributed by atoms with Crippen LogP contribution in [-0.2, 0) is 0 Å². The third kappa shape index (κ3) is 6.12. The Labute approximate surface area is 377 Å². The highest BCUT2D eigenvalue weighted by molar-refractivity contribution is 6.14. The molecule has 1 aromatic heterocycles. The van der Waals surface area contributed by atoms with Crippen LogP contribution in [0, 0.1) is 0 Å². The summed E-state index contributed by atoms with van der Waals surface area (Å²) < 4.78 is 2.41. The van der Waals surface area contributed by atoms with Crippen molar-refractivity contribution in [1.82, 2.24) is 4.57 Å². The first-order valence-electron chi connectivity index (χ1n) is 22.3. The van der Waals surface area contributed by atoms with Crippen molar-refractivity contribution in [3.05, 3.63) is 249 Å². The van der Waals surface area contributed by atoms with Gasteiger partial charge in [0.2, 0.25) is 0 Å². The van der Waals surface area contributed by atoms with Crippen LogP contribution < -0.4 is 9.80 Å². The first-order valence-corrected chi connectivity index (χ1v) is 22.3. The summed E-state index contributed by atoms with van der Waals surface area (Å²) in [5.74, 6) is 0. The molecule has 0 saturated heterocycles. The SMILES string of the molecule is c1ccc(-c2ccc(N(c3ccc(-c4ccc5c(c4)N(c4ccccc4)c4cccc6cccc-5c46)cc3)c3ccc4c(c3)c3ccccc3n4-c3ccc4ccccc4c3)cc2)cc1. The van der Waals surface area contributed by atoms with Crippen molar-refractivity contribution in [2.45, 2.75) is 0 Å². The van der Waals surface area contributed by atoms with Crippen LogP contribution in [0.1, 0.15) is 0 Å². The predicted octanol–water partition coefficient (Wildman–Crippen LogP) is 17.3. The monoisotopic (exact) mass is 827 g/mol. The van der Waals surface area contributed by atoms with E-state index < -0.39 is 0 Å². The quantitative estimate of drug-likeness (QED) is 0.159. The van der Waals surface area contributed by atoms with E-state index in [0.29, 0.717) is 0 Å². The molecule has 11 aromatic carbocycles. The first kappa shape index (κ1) is 36.9. The van der Waals surface area contributed by atoms with Gasteiger partial charge in [-0.2, -0.15) is 0 Å². The zero-order valence-electron chi connectivity index (χ0n) is 35.5. The van der Waals surface area contributed by atoms with Crippen LogP contribution in [0.4, 0.5) is 34.1 Å². The average molecular weight is 828 g/mol. The average Bonchev–Trinajstić information content (AvgIpc) is 3.71. The van der Waals surface area contributed by atoms with Crippen LogP contribution in [0.2, 0.25) is 0 Å². The predicted molar refractivity (Wildman–Crippen MR) is 275 cm³/mol. The fourth-order valence-electron chi connectivity index (χ4n) is 10.2. The maximum atomic E-state index is 2.43. The van der Waals surface area contributed by atoms with Gasteiger partial charge in [0, 0.05) is 50.2 Å². The summed E-state index contributed by atoms with van der Waals surface area (Å²) in [7, 11) is 0. The fourth-order valence-corrected chi connectivity index (χ4v) is 10.2. The summed E-state index contributed by atoms with van der Waals surface area (Å²) in [4.78, 5) is 4.82. The molecular weight excluding hydrogens is 787 g/mol. The Morgan fingerprint density at radius 1 is 0.292 bits per heavy atom. The number of nitrogens with zero attached hydrogens (tertiary/aromatic N) is 3. The van der Waals surface area contributed by atoms with Gasteiger partial charge in [0.05, 0.1) is 22.4 Å². The Hall–Kier alpha value is -8.66. The molecule has 3 heteroatoms. The summed E-state index contributed by atoms with van der Waals surface area (Å²) in [5.41, 5.74) is 17.6. The maximum absolute atomic E-state index is 2.43. The molecule has 0 unspecified atom stereocenters. The van der Waals surface area contributed by atoms with E-state index in [-0.39, 0.29) is 0 Å². The van der Waals surface area contributed by atoms with E-state index in [9.17, 15) is 0 Å². The Morgan fingerprint density at radius 3 is 1.68 bits per heavy atom. The van der Waals surface area contributed by atoms with E-state index in [2.05, 4.69) is 263 Å². The number of benzene rings is 11. The number of anilines is 6. The van der Waals surface area contributed by atoms with Gasteiger partial charge in [0.1, 0.15) is 0 Å². The lowest BCUT2D eigenvalue weighted by Gasteiger charge is -2.34. The van der Waals surface area contributed by atoms with Crippen LogP contribution >= 0.6 is 0 Å². The molecule has 3 nitrogen and oxygen atoms in total. The third-order valence-corrected chi connectivity index (χ3v) is 13.3. The van der Waals surface area contributed by atoms with E-state index in [1.165, 1.54) is 82.5 Å². The van der Waals surface area contributed by atoms with Gasteiger partial charge < -0.3 is 14.4 Å². The molecule has 0 amide bonds. The van der Waals surface area contributed by atoms with Gasteiger partial charge in [-0.25, -0.2) is 0 Å². The van der Waals surface area contributed by atoms with E-state index in [1.54, 1.807) is 0 Å². The largest absolute Gasteiger partial charge is 0.310 e. The summed E-state index contributed by atoms with van der Waals surface area (Å²) in [6, 6.07) is 90.8. The zero-order chi connectivity index (χ0) is 42.8. The van der Waals surface area contributed by atoms with Crippen LogP contribution in [0.15, 0.2) is 249 Å². The van der Waals surface area contributed by atoms with Gasteiger partial charge in [0.15, 0.2) is 0 Å². The van der Waals surface area contributed by atoms with Gasteiger partial charge in [-0.15, -0.1) is 0 Å². The van der Waals surface area contributed by atoms with Gasteiger partial charge in [0.25, 0.3) is 0 Å². The lowest BCUT2D eigenvalue weighted by atomic mass is 9.89. The number of aromatic nitrogens is 1. The second-order valence-electron chi connectivity index (χ2n) is 17.0. The van der Waals surface area contributed by atoms with Crippen molar-refractivity contribution < 1.29 is 0 Å². The standard InChI is InChI=1S/C62H41N3/c1-3-13-42(14-4-1)44-25-31-50(32-26-44)63(53-36-38-59-57(41-53)54-21-9-10-23-58(54)65(59)52-35-29-43-15-7-8-16-47(43)39-52)51-33-27-45(28-34-51)48-30-37-55-56-22-11-17-46-18-12-24-60(62(46)56)64(61(55)40-48)49-19-5-2-6-20-49/h1-41H. The van der Waals surface area contributed by atoms with Crippen LogP contribution in [-0.4, -0.2) is 4.57 Å². The second-order valence-corrected chi connectivity index (χ2v) is 17.0. The smallest absolute Gasteiger partial charge is 0.0546 e. The highest BCUT2D eigenvalue weighted by Gasteiger charge is 2.26. The van der Waals surface area contributed by atoms with Crippen molar-refractivity contribution in [2.75, 3.05) is 9.80 Å². The molecule has 0 saturated carbocycles. The minimum atomic E-state index is 1.09. The molecule has 1 aliphatic heterocycles. The molecule has 0 radical (unpaired) electrons. The van der Waals surface area contributed by atoms with E-state index in [0.717, 1.165) is 34.0 Å². The number of para-hydroxylation sites is 2. The summed E-state index contributed by atoms with van der Waals surface area (Å²) >= 11 is 0. The van der Waals surface area contributed by atoms with Crippen molar-refractivity contribution in [3.63, 3.8) is 0 Å². The lowest BCUT2D eigenvalue weighted by Crippen LogP contribution is -2.15.